The minimum Gasteiger partial charge on any atom is -0.347 e. The van der Waals surface area contributed by atoms with E-state index in [0.717, 1.165) is 17.0 Å². The number of nitrogens with zero attached hydrogens (tertiary/aromatic N) is 3. The molecule has 0 saturated heterocycles. The molecule has 3 amide bonds. The molecule has 6 heteroatoms. The first-order valence-corrected chi connectivity index (χ1v) is 9.13. The van der Waals surface area contributed by atoms with E-state index in [1.54, 1.807) is 19.0 Å². The van der Waals surface area contributed by atoms with Gasteiger partial charge in [0.25, 0.3) is 0 Å². The van der Waals surface area contributed by atoms with Crippen LogP contribution in [0.1, 0.15) is 30.3 Å². The highest BCUT2D eigenvalue weighted by Gasteiger charge is 2.24. The molecule has 0 unspecified atom stereocenters. The summed E-state index contributed by atoms with van der Waals surface area (Å²) in [6.07, 6.45) is 0.532. The van der Waals surface area contributed by atoms with E-state index in [2.05, 4.69) is 10.3 Å². The number of carbonyl (C=O) groups is 2. The highest BCUT2D eigenvalue weighted by atomic mass is 16.2. The first kappa shape index (κ1) is 20.4. The van der Waals surface area contributed by atoms with Crippen LogP contribution in [0.15, 0.2) is 48.5 Å². The molecule has 1 N–H and O–H groups in total. The van der Waals surface area contributed by atoms with Crippen molar-refractivity contribution >= 4 is 11.9 Å². The number of carbonyl (C=O) groups excluding carboxylic acids is 2. The van der Waals surface area contributed by atoms with Gasteiger partial charge in [0.2, 0.25) is 5.91 Å². The van der Waals surface area contributed by atoms with Gasteiger partial charge in [0.05, 0.1) is 12.2 Å². The summed E-state index contributed by atoms with van der Waals surface area (Å²) in [4.78, 5) is 32.9. The van der Waals surface area contributed by atoms with Crippen molar-refractivity contribution in [3.63, 3.8) is 0 Å². The van der Waals surface area contributed by atoms with Crippen molar-refractivity contribution < 1.29 is 9.59 Å². The van der Waals surface area contributed by atoms with Crippen LogP contribution in [-0.2, 0) is 17.9 Å². The summed E-state index contributed by atoms with van der Waals surface area (Å²) in [6, 6.07) is 14.7. The maximum atomic E-state index is 12.9. The van der Waals surface area contributed by atoms with Crippen LogP contribution in [0.25, 0.3) is 0 Å². The molecule has 1 aromatic carbocycles. The van der Waals surface area contributed by atoms with Crippen molar-refractivity contribution in [2.45, 2.75) is 39.4 Å². The normalized spacial score (nSPS) is 11.6. The van der Waals surface area contributed by atoms with E-state index in [0.29, 0.717) is 19.5 Å². The van der Waals surface area contributed by atoms with Gasteiger partial charge in [-0.3, -0.25) is 9.78 Å². The Balaban J connectivity index is 2.19. The minimum absolute atomic E-state index is 0.112. The van der Waals surface area contributed by atoms with Crippen molar-refractivity contribution in [3.05, 3.63) is 65.5 Å². The van der Waals surface area contributed by atoms with E-state index in [1.165, 1.54) is 4.90 Å². The monoisotopic (exact) mass is 368 g/mol. The van der Waals surface area contributed by atoms with E-state index in [9.17, 15) is 9.59 Å². The number of likely N-dealkylation sites (N-methyl/N-ethyl adjacent to an activating group) is 1. The van der Waals surface area contributed by atoms with Gasteiger partial charge in [-0.05, 0) is 31.0 Å². The average Bonchev–Trinajstić information content (AvgIpc) is 2.65. The number of nitrogens with one attached hydrogen (secondary N) is 1. The highest BCUT2D eigenvalue weighted by molar-refractivity contribution is 5.86. The molecular formula is C21H28N4O2. The summed E-state index contributed by atoms with van der Waals surface area (Å²) in [5, 5.41) is 2.87. The summed E-state index contributed by atoms with van der Waals surface area (Å²) in [5.41, 5.74) is 2.74. The van der Waals surface area contributed by atoms with Crippen LogP contribution in [0.2, 0.25) is 0 Å². The maximum Gasteiger partial charge on any atom is 0.318 e. The number of aromatic nitrogens is 1. The number of hydrogen-bond acceptors (Lipinski definition) is 3. The van der Waals surface area contributed by atoms with Gasteiger partial charge in [0, 0.05) is 26.3 Å². The first-order valence-electron chi connectivity index (χ1n) is 9.13. The van der Waals surface area contributed by atoms with Crippen molar-refractivity contribution in [1.29, 1.82) is 0 Å². The summed E-state index contributed by atoms with van der Waals surface area (Å²) in [6.45, 7) is 4.62. The largest absolute Gasteiger partial charge is 0.347 e. The molecule has 27 heavy (non-hydrogen) atoms. The lowest BCUT2D eigenvalue weighted by molar-refractivity contribution is -0.130. The van der Waals surface area contributed by atoms with E-state index in [-0.39, 0.29) is 11.9 Å². The van der Waals surface area contributed by atoms with Crippen LogP contribution in [0.5, 0.6) is 0 Å². The Morgan fingerprint density at radius 1 is 1.04 bits per heavy atom. The Kier molecular flexibility index (Phi) is 7.34. The van der Waals surface area contributed by atoms with E-state index >= 15 is 0 Å². The number of aryl methyl sites for hydroxylation is 1. The molecular weight excluding hydrogens is 340 g/mol. The Morgan fingerprint density at radius 2 is 1.74 bits per heavy atom. The molecule has 1 heterocycles. The molecule has 2 aromatic rings. The second-order valence-electron chi connectivity index (χ2n) is 6.75. The number of benzene rings is 1. The molecule has 0 bridgehead atoms. The third-order valence-electron chi connectivity index (χ3n) is 4.25. The van der Waals surface area contributed by atoms with Crippen LogP contribution in [-0.4, -0.2) is 46.9 Å². The molecule has 6 nitrogen and oxygen atoms in total. The third kappa shape index (κ3) is 6.09. The van der Waals surface area contributed by atoms with Crippen LogP contribution in [0, 0.1) is 6.92 Å². The van der Waals surface area contributed by atoms with E-state index < -0.39 is 6.04 Å². The molecule has 0 fully saturated rings. The van der Waals surface area contributed by atoms with Gasteiger partial charge >= 0.3 is 6.03 Å². The molecule has 0 aliphatic rings. The van der Waals surface area contributed by atoms with Gasteiger partial charge in [0.1, 0.15) is 6.04 Å². The zero-order valence-electron chi connectivity index (χ0n) is 16.5. The second-order valence-corrected chi connectivity index (χ2v) is 6.75. The first-order chi connectivity index (χ1) is 12.9. The third-order valence-corrected chi connectivity index (χ3v) is 4.25. The second kappa shape index (κ2) is 9.71. The van der Waals surface area contributed by atoms with Crippen molar-refractivity contribution in [2.24, 2.45) is 0 Å². The molecule has 1 aromatic heterocycles. The summed E-state index contributed by atoms with van der Waals surface area (Å²) in [5.74, 6) is -0.112. The molecule has 0 saturated carbocycles. The topological polar surface area (TPSA) is 65.5 Å². The number of urea groups is 1. The van der Waals surface area contributed by atoms with Crippen LogP contribution in [0.4, 0.5) is 4.79 Å². The van der Waals surface area contributed by atoms with Crippen LogP contribution in [0.3, 0.4) is 0 Å². The smallest absolute Gasteiger partial charge is 0.318 e. The number of rotatable bonds is 7. The van der Waals surface area contributed by atoms with Gasteiger partial charge in [-0.25, -0.2) is 4.79 Å². The molecule has 0 aliphatic carbocycles. The van der Waals surface area contributed by atoms with Crippen molar-refractivity contribution in [1.82, 2.24) is 20.1 Å². The van der Waals surface area contributed by atoms with Gasteiger partial charge in [-0.2, -0.15) is 0 Å². The zero-order valence-corrected chi connectivity index (χ0v) is 16.5. The van der Waals surface area contributed by atoms with E-state index in [4.69, 9.17) is 0 Å². The predicted molar refractivity (Wildman–Crippen MR) is 106 cm³/mol. The number of amides is 3. The molecule has 144 valence electrons. The Morgan fingerprint density at radius 3 is 2.33 bits per heavy atom. The van der Waals surface area contributed by atoms with Gasteiger partial charge < -0.3 is 15.1 Å². The highest BCUT2D eigenvalue weighted by Crippen LogP contribution is 2.11. The van der Waals surface area contributed by atoms with Crippen LogP contribution < -0.4 is 5.32 Å². The lowest BCUT2D eigenvalue weighted by Crippen LogP contribution is -2.50. The Labute approximate surface area is 161 Å². The number of pyridine rings is 1. The summed E-state index contributed by atoms with van der Waals surface area (Å²) < 4.78 is 0. The standard InChI is InChI=1S/C21H28N4O2/c1-5-19(20(26)24(3)4)23-21(27)25(14-17-11-7-6-8-12-17)15-18-13-9-10-16(2)22-18/h6-13,19H,5,14-15H2,1-4H3,(H,23,27)/t19-/m1/s1. The molecule has 2 rings (SSSR count). The van der Waals surface area contributed by atoms with E-state index in [1.807, 2.05) is 62.4 Å². The van der Waals surface area contributed by atoms with Gasteiger partial charge in [0.15, 0.2) is 0 Å². The fourth-order valence-electron chi connectivity index (χ4n) is 2.78. The van der Waals surface area contributed by atoms with Crippen molar-refractivity contribution in [2.75, 3.05) is 14.1 Å². The SMILES string of the molecule is CC[C@@H](NC(=O)N(Cc1ccccc1)Cc1cccc(C)n1)C(=O)N(C)C. The number of hydrogen-bond donors (Lipinski definition) is 1. The van der Waals surface area contributed by atoms with Crippen LogP contribution >= 0.6 is 0 Å². The zero-order chi connectivity index (χ0) is 19.8. The molecule has 0 spiro atoms. The molecule has 0 aliphatic heterocycles. The fraction of sp³-hybridized carbons (Fsp3) is 0.381. The maximum absolute atomic E-state index is 12.9. The fourth-order valence-corrected chi connectivity index (χ4v) is 2.78. The predicted octanol–water partition coefficient (Wildman–Crippen LogP) is 2.97. The quantitative estimate of drug-likeness (QED) is 0.817. The Hall–Kier alpha value is -2.89. The van der Waals surface area contributed by atoms with Gasteiger partial charge in [-0.1, -0.05) is 43.3 Å². The lowest BCUT2D eigenvalue weighted by atomic mass is 10.2. The van der Waals surface area contributed by atoms with Crippen molar-refractivity contribution in [3.8, 4) is 0 Å². The minimum atomic E-state index is -0.545. The summed E-state index contributed by atoms with van der Waals surface area (Å²) in [7, 11) is 3.38. The lowest BCUT2D eigenvalue weighted by Gasteiger charge is -2.27. The molecule has 0 radical (unpaired) electrons. The summed E-state index contributed by atoms with van der Waals surface area (Å²) >= 11 is 0. The van der Waals surface area contributed by atoms with Gasteiger partial charge in [-0.15, -0.1) is 0 Å². The average molecular weight is 368 g/mol. The Bertz CT molecular complexity index is 762. The molecule has 1 atom stereocenters.